The van der Waals surface area contributed by atoms with E-state index >= 15 is 0 Å². The van der Waals surface area contributed by atoms with Crippen molar-refractivity contribution in [2.75, 3.05) is 0 Å². The molecule has 222 valence electrons. The summed E-state index contributed by atoms with van der Waals surface area (Å²) in [4.78, 5) is 0. The maximum atomic E-state index is 9.38. The van der Waals surface area contributed by atoms with Crippen LogP contribution in [0.4, 0.5) is 0 Å². The molecule has 0 heterocycles. The molecule has 0 atom stereocenters. The summed E-state index contributed by atoms with van der Waals surface area (Å²) in [5, 5.41) is 27.9. The molecule has 0 aliphatic heterocycles. The van der Waals surface area contributed by atoms with Gasteiger partial charge >= 0.3 is 0 Å². The van der Waals surface area contributed by atoms with E-state index < -0.39 is 0 Å². The standard InChI is InChI=1S/C41H31N3O2/c1-6-28-10-16-38(22-30(28)26-43)45-36-18-12-32(13-19-36)40(2,3)34-8-7-9-35(24-34)41(4,5)33-14-20-37(21-15-33)46-39-17-11-29(25-42)31(23-39)27-44/h1,7-24H,2-5H3. The molecule has 5 aromatic rings. The number of nitrogens with zero attached hydrogens (tertiary/aromatic N) is 3. The maximum absolute atomic E-state index is 9.38. The van der Waals surface area contributed by atoms with Gasteiger partial charge in [-0.3, -0.25) is 0 Å². The summed E-state index contributed by atoms with van der Waals surface area (Å²) in [6, 6.07) is 40.8. The van der Waals surface area contributed by atoms with Crippen LogP contribution in [0.25, 0.3) is 0 Å². The van der Waals surface area contributed by atoms with E-state index in [9.17, 15) is 15.8 Å². The third kappa shape index (κ3) is 6.32. The molecule has 0 fully saturated rings. The zero-order valence-corrected chi connectivity index (χ0v) is 26.1. The predicted molar refractivity (Wildman–Crippen MR) is 179 cm³/mol. The minimum atomic E-state index is -0.290. The number of nitriles is 3. The van der Waals surface area contributed by atoms with E-state index in [2.05, 4.69) is 88.2 Å². The van der Waals surface area contributed by atoms with Gasteiger partial charge < -0.3 is 9.47 Å². The molecule has 0 spiro atoms. The van der Waals surface area contributed by atoms with Crippen LogP contribution in [0.15, 0.2) is 109 Å². The highest BCUT2D eigenvalue weighted by molar-refractivity contribution is 5.53. The molecule has 0 radical (unpaired) electrons. The molecule has 5 heteroatoms. The van der Waals surface area contributed by atoms with Crippen LogP contribution >= 0.6 is 0 Å². The van der Waals surface area contributed by atoms with Gasteiger partial charge in [0.15, 0.2) is 0 Å². The van der Waals surface area contributed by atoms with Crippen LogP contribution in [0, 0.1) is 46.3 Å². The van der Waals surface area contributed by atoms with Crippen molar-refractivity contribution in [3.05, 3.63) is 154 Å². The largest absolute Gasteiger partial charge is 0.457 e. The average molecular weight is 598 g/mol. The van der Waals surface area contributed by atoms with Gasteiger partial charge in [0.25, 0.3) is 0 Å². The molecule has 0 saturated heterocycles. The van der Waals surface area contributed by atoms with Gasteiger partial charge in [0.05, 0.1) is 16.7 Å². The Kier molecular flexibility index (Phi) is 8.65. The average Bonchev–Trinajstić information content (AvgIpc) is 3.08. The number of hydrogen-bond donors (Lipinski definition) is 0. The van der Waals surface area contributed by atoms with Crippen LogP contribution in [-0.4, -0.2) is 0 Å². The number of ether oxygens (including phenoxy) is 2. The van der Waals surface area contributed by atoms with Crippen LogP contribution in [-0.2, 0) is 10.8 Å². The molecule has 0 aliphatic carbocycles. The fourth-order valence-corrected chi connectivity index (χ4v) is 5.36. The van der Waals surface area contributed by atoms with Gasteiger partial charge in [0.2, 0.25) is 0 Å². The molecule has 0 saturated carbocycles. The lowest BCUT2D eigenvalue weighted by Crippen LogP contribution is -2.22. The lowest BCUT2D eigenvalue weighted by Gasteiger charge is -2.31. The molecular weight excluding hydrogens is 566 g/mol. The summed E-state index contributed by atoms with van der Waals surface area (Å²) in [5.74, 6) is 4.89. The Labute approximate surface area is 270 Å². The summed E-state index contributed by atoms with van der Waals surface area (Å²) >= 11 is 0. The number of benzene rings is 5. The van der Waals surface area contributed by atoms with Crippen molar-refractivity contribution >= 4 is 0 Å². The van der Waals surface area contributed by atoms with Gasteiger partial charge in [-0.05, 0) is 82.9 Å². The second kappa shape index (κ2) is 12.8. The maximum Gasteiger partial charge on any atom is 0.128 e. The molecule has 5 aromatic carbocycles. The summed E-state index contributed by atoms with van der Waals surface area (Å²) in [7, 11) is 0. The van der Waals surface area contributed by atoms with Gasteiger partial charge in [-0.2, -0.15) is 15.8 Å². The molecule has 0 unspecified atom stereocenters. The lowest BCUT2D eigenvalue weighted by atomic mass is 9.73. The zero-order chi connectivity index (χ0) is 32.9. The van der Waals surface area contributed by atoms with Crippen molar-refractivity contribution < 1.29 is 9.47 Å². The first-order valence-electron chi connectivity index (χ1n) is 14.7. The quantitative estimate of drug-likeness (QED) is 0.166. The summed E-state index contributed by atoms with van der Waals surface area (Å²) in [5.41, 5.74) is 5.61. The second-order valence-corrected chi connectivity index (χ2v) is 12.0. The first kappa shape index (κ1) is 31.2. The molecular formula is C41H31N3O2. The fraction of sp³-hybridized carbons (Fsp3) is 0.146. The Morgan fingerprint density at radius 2 is 0.848 bits per heavy atom. The first-order valence-corrected chi connectivity index (χ1v) is 14.7. The van der Waals surface area contributed by atoms with E-state index in [1.807, 2.05) is 36.4 Å². The van der Waals surface area contributed by atoms with E-state index in [0.717, 1.165) is 11.1 Å². The van der Waals surface area contributed by atoms with E-state index in [0.29, 0.717) is 39.7 Å². The fourth-order valence-electron chi connectivity index (χ4n) is 5.36. The smallest absolute Gasteiger partial charge is 0.128 e. The van der Waals surface area contributed by atoms with Crippen molar-refractivity contribution in [1.29, 1.82) is 15.8 Å². The second-order valence-electron chi connectivity index (χ2n) is 12.0. The summed E-state index contributed by atoms with van der Waals surface area (Å²) in [6.45, 7) is 8.82. The zero-order valence-electron chi connectivity index (χ0n) is 26.1. The molecule has 0 aliphatic rings. The highest BCUT2D eigenvalue weighted by Crippen LogP contribution is 2.38. The Morgan fingerprint density at radius 3 is 1.26 bits per heavy atom. The SMILES string of the molecule is C#Cc1ccc(Oc2ccc(C(C)(C)c3cccc(C(C)(C)c4ccc(Oc5ccc(C#N)c(C#N)c5)cc4)c3)cc2)cc1C#N. The summed E-state index contributed by atoms with van der Waals surface area (Å²) in [6.07, 6.45) is 5.48. The van der Waals surface area contributed by atoms with Crippen LogP contribution in [0.2, 0.25) is 0 Å². The van der Waals surface area contributed by atoms with E-state index in [1.165, 1.54) is 11.1 Å². The van der Waals surface area contributed by atoms with Crippen LogP contribution in [0.1, 0.15) is 72.2 Å². The van der Waals surface area contributed by atoms with Crippen LogP contribution in [0.3, 0.4) is 0 Å². The molecule has 46 heavy (non-hydrogen) atoms. The Morgan fingerprint density at radius 1 is 0.457 bits per heavy atom. The van der Waals surface area contributed by atoms with Crippen LogP contribution in [0.5, 0.6) is 23.0 Å². The van der Waals surface area contributed by atoms with Gasteiger partial charge in [-0.15, -0.1) is 6.42 Å². The van der Waals surface area contributed by atoms with Gasteiger partial charge in [-0.25, -0.2) is 0 Å². The van der Waals surface area contributed by atoms with E-state index in [-0.39, 0.29) is 16.4 Å². The van der Waals surface area contributed by atoms with Crippen molar-refractivity contribution in [3.8, 4) is 53.5 Å². The molecule has 0 N–H and O–H groups in total. The number of rotatable bonds is 8. The molecule has 0 bridgehead atoms. The van der Waals surface area contributed by atoms with Gasteiger partial charge in [-0.1, -0.05) is 82.1 Å². The first-order chi connectivity index (χ1) is 22.1. The number of terminal acetylenes is 1. The normalized spacial score (nSPS) is 11.0. The highest BCUT2D eigenvalue weighted by Gasteiger charge is 2.28. The van der Waals surface area contributed by atoms with Crippen molar-refractivity contribution in [1.82, 2.24) is 0 Å². The summed E-state index contributed by atoms with van der Waals surface area (Å²) < 4.78 is 12.0. The highest BCUT2D eigenvalue weighted by atomic mass is 16.5. The van der Waals surface area contributed by atoms with E-state index in [4.69, 9.17) is 15.9 Å². The van der Waals surface area contributed by atoms with Crippen LogP contribution < -0.4 is 9.47 Å². The van der Waals surface area contributed by atoms with Gasteiger partial charge in [0, 0.05) is 16.4 Å². The topological polar surface area (TPSA) is 89.8 Å². The Hall–Kier alpha value is -6.27. The molecule has 5 nitrogen and oxygen atoms in total. The monoisotopic (exact) mass is 597 g/mol. The van der Waals surface area contributed by atoms with Crippen molar-refractivity contribution in [2.45, 2.75) is 38.5 Å². The van der Waals surface area contributed by atoms with Crippen molar-refractivity contribution in [2.24, 2.45) is 0 Å². The van der Waals surface area contributed by atoms with Gasteiger partial charge in [0.1, 0.15) is 41.2 Å². The van der Waals surface area contributed by atoms with E-state index in [1.54, 1.807) is 36.4 Å². The Balaban J connectivity index is 1.33. The minimum absolute atomic E-state index is 0.284. The van der Waals surface area contributed by atoms with Crippen molar-refractivity contribution in [3.63, 3.8) is 0 Å². The Bertz CT molecular complexity index is 1930. The molecule has 0 amide bonds. The predicted octanol–water partition coefficient (Wildman–Crippen LogP) is 9.52. The third-order valence-electron chi connectivity index (χ3n) is 8.43. The molecule has 0 aromatic heterocycles. The third-order valence-corrected chi connectivity index (χ3v) is 8.43. The molecule has 5 rings (SSSR count). The number of hydrogen-bond acceptors (Lipinski definition) is 5. The minimum Gasteiger partial charge on any atom is -0.457 e. The lowest BCUT2D eigenvalue weighted by molar-refractivity contribution is 0.481.